The Bertz CT molecular complexity index is 279. The summed E-state index contributed by atoms with van der Waals surface area (Å²) in [6.07, 6.45) is 1.99. The van der Waals surface area contributed by atoms with Crippen molar-refractivity contribution in [2.75, 3.05) is 0 Å². The summed E-state index contributed by atoms with van der Waals surface area (Å²) in [6.45, 7) is 4.38. The van der Waals surface area contributed by atoms with Gasteiger partial charge in [0.1, 0.15) is 4.34 Å². The molecule has 0 saturated heterocycles. The molecule has 0 spiro atoms. The fourth-order valence-corrected chi connectivity index (χ4v) is 3.32. The van der Waals surface area contributed by atoms with E-state index < -0.39 is 0 Å². The number of hydrogen-bond acceptors (Lipinski definition) is 2. The molecule has 0 aliphatic rings. The fourth-order valence-electron chi connectivity index (χ4n) is 1.44. The normalized spacial score (nSPS) is 13.6. The van der Waals surface area contributed by atoms with Gasteiger partial charge in [-0.3, -0.25) is 0 Å². The Morgan fingerprint density at radius 2 is 2.21 bits per heavy atom. The standard InChI is InChI=1S/C10H15BrClNS/c1-6(2)3-7(13)4-8-5-9(11)10(12)14-8/h5-7H,3-4,13H2,1-2H3. The largest absolute Gasteiger partial charge is 0.327 e. The molecule has 0 aliphatic heterocycles. The third-order valence-corrected chi connectivity index (χ3v) is 4.43. The molecular formula is C10H15BrClNS. The van der Waals surface area contributed by atoms with Crippen molar-refractivity contribution in [1.29, 1.82) is 0 Å². The van der Waals surface area contributed by atoms with Crippen LogP contribution in [0.2, 0.25) is 4.34 Å². The third-order valence-electron chi connectivity index (χ3n) is 1.93. The summed E-state index contributed by atoms with van der Waals surface area (Å²) in [5.41, 5.74) is 6.01. The van der Waals surface area contributed by atoms with Crippen molar-refractivity contribution in [3.63, 3.8) is 0 Å². The van der Waals surface area contributed by atoms with E-state index >= 15 is 0 Å². The smallest absolute Gasteiger partial charge is 0.107 e. The highest BCUT2D eigenvalue weighted by Crippen LogP contribution is 2.32. The Morgan fingerprint density at radius 3 is 2.64 bits per heavy atom. The van der Waals surface area contributed by atoms with Crippen LogP contribution in [0.4, 0.5) is 0 Å². The van der Waals surface area contributed by atoms with Crippen LogP contribution in [-0.2, 0) is 6.42 Å². The lowest BCUT2D eigenvalue weighted by molar-refractivity contribution is 0.495. The molecule has 0 fully saturated rings. The highest BCUT2D eigenvalue weighted by Gasteiger charge is 2.10. The fraction of sp³-hybridized carbons (Fsp3) is 0.600. The minimum absolute atomic E-state index is 0.247. The van der Waals surface area contributed by atoms with E-state index in [9.17, 15) is 0 Å². The van der Waals surface area contributed by atoms with Gasteiger partial charge in [0.05, 0.1) is 0 Å². The maximum atomic E-state index is 6.01. The van der Waals surface area contributed by atoms with Gasteiger partial charge in [-0.1, -0.05) is 25.4 Å². The van der Waals surface area contributed by atoms with Crippen LogP contribution in [0, 0.1) is 5.92 Å². The second-order valence-electron chi connectivity index (χ2n) is 3.93. The lowest BCUT2D eigenvalue weighted by Crippen LogP contribution is -2.24. The predicted molar refractivity (Wildman–Crippen MR) is 68.2 cm³/mol. The Morgan fingerprint density at radius 1 is 1.57 bits per heavy atom. The molecule has 0 aromatic carbocycles. The highest BCUT2D eigenvalue weighted by molar-refractivity contribution is 9.10. The first-order valence-electron chi connectivity index (χ1n) is 4.68. The van der Waals surface area contributed by atoms with Gasteiger partial charge >= 0.3 is 0 Å². The number of hydrogen-bond donors (Lipinski definition) is 1. The average molecular weight is 297 g/mol. The topological polar surface area (TPSA) is 26.0 Å². The molecule has 0 radical (unpaired) electrons. The molecule has 0 saturated carbocycles. The third kappa shape index (κ3) is 3.89. The van der Waals surface area contributed by atoms with Crippen LogP contribution in [0.15, 0.2) is 10.5 Å². The van der Waals surface area contributed by atoms with Gasteiger partial charge in [-0.2, -0.15) is 0 Å². The number of rotatable bonds is 4. The summed E-state index contributed by atoms with van der Waals surface area (Å²) in [7, 11) is 0. The maximum Gasteiger partial charge on any atom is 0.107 e. The van der Waals surface area contributed by atoms with Gasteiger partial charge in [0.2, 0.25) is 0 Å². The molecule has 1 rings (SSSR count). The molecule has 1 heterocycles. The molecule has 1 atom stereocenters. The first-order chi connectivity index (χ1) is 6.49. The van der Waals surface area contributed by atoms with E-state index in [0.717, 1.165) is 21.7 Å². The van der Waals surface area contributed by atoms with Crippen molar-refractivity contribution >= 4 is 38.9 Å². The molecule has 1 aromatic heterocycles. The Kier molecular flexibility index (Phi) is 4.91. The van der Waals surface area contributed by atoms with Crippen LogP contribution in [0.25, 0.3) is 0 Å². The first-order valence-corrected chi connectivity index (χ1v) is 6.67. The first kappa shape index (κ1) is 12.5. The summed E-state index contributed by atoms with van der Waals surface area (Å²) >= 11 is 11.0. The minimum atomic E-state index is 0.247. The molecular weight excluding hydrogens is 282 g/mol. The van der Waals surface area contributed by atoms with Crippen molar-refractivity contribution in [2.45, 2.75) is 32.7 Å². The van der Waals surface area contributed by atoms with E-state index in [1.54, 1.807) is 11.3 Å². The van der Waals surface area contributed by atoms with Crippen molar-refractivity contribution in [1.82, 2.24) is 0 Å². The van der Waals surface area contributed by atoms with Gasteiger partial charge in [0.25, 0.3) is 0 Å². The molecule has 2 N–H and O–H groups in total. The molecule has 4 heteroatoms. The molecule has 0 aliphatic carbocycles. The zero-order valence-electron chi connectivity index (χ0n) is 8.39. The summed E-state index contributed by atoms with van der Waals surface area (Å²) in [5, 5.41) is 0. The van der Waals surface area contributed by atoms with Crippen LogP contribution in [-0.4, -0.2) is 6.04 Å². The lowest BCUT2D eigenvalue weighted by Gasteiger charge is -2.12. The van der Waals surface area contributed by atoms with Gasteiger partial charge in [-0.05, 0) is 40.8 Å². The van der Waals surface area contributed by atoms with Crippen LogP contribution < -0.4 is 5.73 Å². The van der Waals surface area contributed by atoms with Gasteiger partial charge in [0, 0.05) is 15.4 Å². The minimum Gasteiger partial charge on any atom is -0.327 e. The van der Waals surface area contributed by atoms with Crippen LogP contribution in [0.1, 0.15) is 25.1 Å². The van der Waals surface area contributed by atoms with Gasteiger partial charge in [0.15, 0.2) is 0 Å². The lowest BCUT2D eigenvalue weighted by atomic mass is 10.0. The zero-order chi connectivity index (χ0) is 10.7. The van der Waals surface area contributed by atoms with Gasteiger partial charge in [-0.15, -0.1) is 11.3 Å². The van der Waals surface area contributed by atoms with Crippen molar-refractivity contribution in [3.8, 4) is 0 Å². The van der Waals surface area contributed by atoms with Crippen LogP contribution in [0.5, 0.6) is 0 Å². The van der Waals surface area contributed by atoms with Crippen molar-refractivity contribution in [3.05, 3.63) is 19.8 Å². The molecule has 80 valence electrons. The van der Waals surface area contributed by atoms with Gasteiger partial charge in [-0.25, -0.2) is 0 Å². The molecule has 0 bridgehead atoms. The second-order valence-corrected chi connectivity index (χ2v) is 6.52. The second kappa shape index (κ2) is 5.50. The SMILES string of the molecule is CC(C)CC(N)Cc1cc(Br)c(Cl)s1. The van der Waals surface area contributed by atoms with E-state index in [-0.39, 0.29) is 6.04 Å². The number of nitrogens with two attached hydrogens (primary N) is 1. The molecule has 14 heavy (non-hydrogen) atoms. The number of halogens is 2. The van der Waals surface area contributed by atoms with E-state index in [1.165, 1.54) is 4.88 Å². The molecule has 1 unspecified atom stereocenters. The molecule has 0 amide bonds. The van der Waals surface area contributed by atoms with E-state index in [4.69, 9.17) is 17.3 Å². The monoisotopic (exact) mass is 295 g/mol. The Balaban J connectivity index is 2.51. The quantitative estimate of drug-likeness (QED) is 0.890. The van der Waals surface area contributed by atoms with Gasteiger partial charge < -0.3 is 5.73 Å². The molecule has 1 nitrogen and oxygen atoms in total. The predicted octanol–water partition coefficient (Wildman–Crippen LogP) is 4.08. The molecule has 1 aromatic rings. The van der Waals surface area contributed by atoms with Crippen molar-refractivity contribution in [2.24, 2.45) is 11.7 Å². The number of thiophene rings is 1. The van der Waals surface area contributed by atoms with E-state index in [1.807, 2.05) is 0 Å². The Labute approximate surface area is 103 Å². The maximum absolute atomic E-state index is 6.01. The summed E-state index contributed by atoms with van der Waals surface area (Å²) in [4.78, 5) is 1.26. The highest BCUT2D eigenvalue weighted by atomic mass is 79.9. The van der Waals surface area contributed by atoms with Crippen molar-refractivity contribution < 1.29 is 0 Å². The average Bonchev–Trinajstić information content (AvgIpc) is 2.28. The Hall–Kier alpha value is 0.430. The van der Waals surface area contributed by atoms with Crippen LogP contribution in [0.3, 0.4) is 0 Å². The summed E-state index contributed by atoms with van der Waals surface area (Å²) < 4.78 is 1.80. The van der Waals surface area contributed by atoms with E-state index in [0.29, 0.717) is 5.92 Å². The summed E-state index contributed by atoms with van der Waals surface area (Å²) in [6, 6.07) is 2.31. The van der Waals surface area contributed by atoms with E-state index in [2.05, 4.69) is 35.8 Å². The zero-order valence-corrected chi connectivity index (χ0v) is 11.5. The summed E-state index contributed by atoms with van der Waals surface area (Å²) in [5.74, 6) is 0.656. The van der Waals surface area contributed by atoms with Crippen LogP contribution >= 0.6 is 38.9 Å².